The molecule has 3 amide bonds. The SMILES string of the molecule is CC(C)NC(=O)C(=O)N=NC(=O)c1ccc2c(O)n(Cc3ccccc3)c(O)c2c1. The van der Waals surface area contributed by atoms with Gasteiger partial charge in [0, 0.05) is 22.4 Å². The van der Waals surface area contributed by atoms with Crippen LogP contribution in [0.4, 0.5) is 0 Å². The predicted molar refractivity (Wildman–Crippen MR) is 108 cm³/mol. The number of hydrogen-bond acceptors (Lipinski definition) is 5. The molecule has 0 saturated carbocycles. The van der Waals surface area contributed by atoms with Crippen LogP contribution in [0.15, 0.2) is 58.8 Å². The highest BCUT2D eigenvalue weighted by atomic mass is 16.3. The van der Waals surface area contributed by atoms with Crippen LogP contribution in [0.5, 0.6) is 11.8 Å². The van der Waals surface area contributed by atoms with Crippen molar-refractivity contribution in [1.82, 2.24) is 9.88 Å². The second-order valence-corrected chi connectivity index (χ2v) is 6.92. The van der Waals surface area contributed by atoms with Crippen LogP contribution >= 0.6 is 0 Å². The van der Waals surface area contributed by atoms with Gasteiger partial charge in [-0.2, -0.15) is 0 Å². The second kappa shape index (κ2) is 8.56. The molecule has 0 spiro atoms. The second-order valence-electron chi connectivity index (χ2n) is 6.92. The van der Waals surface area contributed by atoms with Crippen LogP contribution in [-0.4, -0.2) is 38.5 Å². The summed E-state index contributed by atoms with van der Waals surface area (Å²) < 4.78 is 1.32. The molecular weight excluding hydrogens is 388 g/mol. The van der Waals surface area contributed by atoms with E-state index in [1.165, 1.54) is 22.8 Å². The van der Waals surface area contributed by atoms with Crippen molar-refractivity contribution in [1.29, 1.82) is 0 Å². The van der Waals surface area contributed by atoms with Gasteiger partial charge in [-0.1, -0.05) is 35.4 Å². The molecule has 0 fully saturated rings. The summed E-state index contributed by atoms with van der Waals surface area (Å²) in [6.07, 6.45) is 0. The first-order chi connectivity index (χ1) is 14.3. The smallest absolute Gasteiger partial charge is 0.353 e. The first-order valence-corrected chi connectivity index (χ1v) is 9.17. The Morgan fingerprint density at radius 1 is 0.967 bits per heavy atom. The highest BCUT2D eigenvalue weighted by molar-refractivity contribution is 6.35. The van der Waals surface area contributed by atoms with Crippen LogP contribution < -0.4 is 5.32 Å². The molecule has 0 aliphatic carbocycles. The maximum Gasteiger partial charge on any atom is 0.353 e. The Kier molecular flexibility index (Phi) is 5.91. The lowest BCUT2D eigenvalue weighted by Crippen LogP contribution is -2.35. The number of azo groups is 1. The maximum atomic E-state index is 12.2. The minimum atomic E-state index is -1.19. The molecule has 0 unspecified atom stereocenters. The Balaban J connectivity index is 1.85. The molecule has 154 valence electrons. The Morgan fingerprint density at radius 3 is 2.30 bits per heavy atom. The van der Waals surface area contributed by atoms with Crippen molar-refractivity contribution in [3.8, 4) is 11.8 Å². The number of nitrogens with zero attached hydrogens (tertiary/aromatic N) is 3. The van der Waals surface area contributed by atoms with Gasteiger partial charge in [0.1, 0.15) is 0 Å². The molecule has 2 aromatic carbocycles. The minimum Gasteiger partial charge on any atom is -0.494 e. The molecule has 0 radical (unpaired) electrons. The molecule has 0 aliphatic heterocycles. The summed E-state index contributed by atoms with van der Waals surface area (Å²) in [5.74, 6) is -3.37. The van der Waals surface area contributed by atoms with Crippen molar-refractivity contribution in [2.75, 3.05) is 0 Å². The van der Waals surface area contributed by atoms with Crippen LogP contribution in [0.2, 0.25) is 0 Å². The summed E-state index contributed by atoms with van der Waals surface area (Å²) in [5, 5.41) is 30.4. The Morgan fingerprint density at radius 2 is 1.63 bits per heavy atom. The van der Waals surface area contributed by atoms with E-state index in [2.05, 4.69) is 15.5 Å². The summed E-state index contributed by atoms with van der Waals surface area (Å²) in [7, 11) is 0. The van der Waals surface area contributed by atoms with Gasteiger partial charge in [-0.05, 0) is 37.6 Å². The third-order valence-corrected chi connectivity index (χ3v) is 4.29. The van der Waals surface area contributed by atoms with E-state index in [-0.39, 0.29) is 35.3 Å². The van der Waals surface area contributed by atoms with Gasteiger partial charge in [0.2, 0.25) is 11.8 Å². The zero-order valence-corrected chi connectivity index (χ0v) is 16.4. The fraction of sp³-hybridized carbons (Fsp3) is 0.190. The molecule has 1 aromatic heterocycles. The van der Waals surface area contributed by atoms with Gasteiger partial charge >= 0.3 is 11.8 Å². The molecule has 1 heterocycles. The van der Waals surface area contributed by atoms with E-state index in [1.807, 2.05) is 30.3 Å². The van der Waals surface area contributed by atoms with Gasteiger partial charge in [-0.3, -0.25) is 19.0 Å². The summed E-state index contributed by atoms with van der Waals surface area (Å²) >= 11 is 0. The average Bonchev–Trinajstić information content (AvgIpc) is 2.96. The van der Waals surface area contributed by atoms with E-state index in [1.54, 1.807) is 13.8 Å². The number of carbonyl (C=O) groups is 3. The van der Waals surface area contributed by atoms with Crippen LogP contribution in [0.1, 0.15) is 29.8 Å². The van der Waals surface area contributed by atoms with Gasteiger partial charge in [0.25, 0.3) is 5.91 Å². The van der Waals surface area contributed by atoms with E-state index in [0.29, 0.717) is 5.39 Å². The summed E-state index contributed by atoms with van der Waals surface area (Å²) in [6.45, 7) is 3.58. The zero-order chi connectivity index (χ0) is 21.8. The lowest BCUT2D eigenvalue weighted by molar-refractivity contribution is -0.137. The van der Waals surface area contributed by atoms with E-state index in [4.69, 9.17) is 0 Å². The molecule has 9 heteroatoms. The molecule has 0 bridgehead atoms. The quantitative estimate of drug-likeness (QED) is 0.451. The highest BCUT2D eigenvalue weighted by Gasteiger charge is 2.19. The molecule has 3 N–H and O–H groups in total. The largest absolute Gasteiger partial charge is 0.494 e. The first kappa shape index (κ1) is 20.7. The average molecular weight is 408 g/mol. The number of nitrogens with one attached hydrogen (secondary N) is 1. The summed E-state index contributed by atoms with van der Waals surface area (Å²) in [4.78, 5) is 35.4. The molecule has 0 aliphatic rings. The standard InChI is InChI=1S/C21H20N4O5/c1-12(2)22-18(27)19(28)24-23-17(26)14-8-9-15-16(10-14)21(30)25(20(15)29)11-13-6-4-3-5-7-13/h3-10,12,29-30H,11H2,1-2H3,(H,22,27). The van der Waals surface area contributed by atoms with Crippen LogP contribution in [-0.2, 0) is 16.1 Å². The summed E-state index contributed by atoms with van der Waals surface area (Å²) in [5.41, 5.74) is 0.905. The maximum absolute atomic E-state index is 12.2. The Hall–Kier alpha value is -4.01. The topological polar surface area (TPSA) is 133 Å². The van der Waals surface area contributed by atoms with Gasteiger partial charge in [-0.15, -0.1) is 5.11 Å². The first-order valence-electron chi connectivity index (χ1n) is 9.17. The number of aromatic hydroxyl groups is 2. The fourth-order valence-electron chi connectivity index (χ4n) is 2.88. The third-order valence-electron chi connectivity index (χ3n) is 4.29. The van der Waals surface area contributed by atoms with Crippen molar-refractivity contribution in [2.24, 2.45) is 10.2 Å². The van der Waals surface area contributed by atoms with Gasteiger partial charge in [0.05, 0.1) is 6.54 Å². The molecular formula is C21H20N4O5. The number of aromatic nitrogens is 1. The number of amides is 3. The molecule has 3 aromatic rings. The molecule has 0 atom stereocenters. The Bertz CT molecular complexity index is 1150. The van der Waals surface area contributed by atoms with Gasteiger partial charge < -0.3 is 15.5 Å². The van der Waals surface area contributed by atoms with Crippen molar-refractivity contribution in [3.05, 3.63) is 59.7 Å². The number of fused-ring (bicyclic) bond motifs is 1. The number of hydrogen-bond donors (Lipinski definition) is 3. The van der Waals surface area contributed by atoms with Crippen LogP contribution in [0.3, 0.4) is 0 Å². The highest BCUT2D eigenvalue weighted by Crippen LogP contribution is 2.37. The molecule has 0 saturated heterocycles. The van der Waals surface area contributed by atoms with Crippen LogP contribution in [0, 0.1) is 0 Å². The number of rotatable bonds is 4. The van der Waals surface area contributed by atoms with Gasteiger partial charge in [0.15, 0.2) is 0 Å². The van der Waals surface area contributed by atoms with Crippen LogP contribution in [0.25, 0.3) is 10.8 Å². The fourth-order valence-corrected chi connectivity index (χ4v) is 2.88. The predicted octanol–water partition coefficient (Wildman–Crippen LogP) is 2.74. The van der Waals surface area contributed by atoms with Gasteiger partial charge in [-0.25, -0.2) is 0 Å². The van der Waals surface area contributed by atoms with Crippen molar-refractivity contribution < 1.29 is 24.6 Å². The third kappa shape index (κ3) is 4.35. The van der Waals surface area contributed by atoms with Crippen molar-refractivity contribution in [2.45, 2.75) is 26.4 Å². The Labute approximate surface area is 171 Å². The lowest BCUT2D eigenvalue weighted by atomic mass is 10.1. The lowest BCUT2D eigenvalue weighted by Gasteiger charge is -2.06. The van der Waals surface area contributed by atoms with E-state index >= 15 is 0 Å². The molecule has 30 heavy (non-hydrogen) atoms. The summed E-state index contributed by atoms with van der Waals surface area (Å²) in [6, 6.07) is 13.2. The molecule has 9 nitrogen and oxygen atoms in total. The monoisotopic (exact) mass is 408 g/mol. The van der Waals surface area contributed by atoms with E-state index in [0.717, 1.165) is 5.56 Å². The normalized spacial score (nSPS) is 11.3. The number of carbonyl (C=O) groups excluding carboxylic acids is 3. The molecule has 3 rings (SSSR count). The van der Waals surface area contributed by atoms with Crippen molar-refractivity contribution in [3.63, 3.8) is 0 Å². The zero-order valence-electron chi connectivity index (χ0n) is 16.4. The number of benzene rings is 2. The van der Waals surface area contributed by atoms with E-state index in [9.17, 15) is 24.6 Å². The van der Waals surface area contributed by atoms with E-state index < -0.39 is 17.7 Å². The van der Waals surface area contributed by atoms with Crippen molar-refractivity contribution >= 4 is 28.5 Å². The minimum absolute atomic E-state index is 0.0375.